The van der Waals surface area contributed by atoms with Crippen LogP contribution in [0, 0.1) is 6.92 Å². The number of nitrogens with zero attached hydrogens (tertiary/aromatic N) is 2. The van der Waals surface area contributed by atoms with Crippen LogP contribution in [0.4, 0.5) is 13.2 Å². The zero-order valence-electron chi connectivity index (χ0n) is 12.7. The largest absolute Gasteiger partial charge is 0.437 e. The summed E-state index contributed by atoms with van der Waals surface area (Å²) in [6, 6.07) is 7.02. The molecule has 0 radical (unpaired) electrons. The number of rotatable bonds is 4. The van der Waals surface area contributed by atoms with E-state index in [0.717, 1.165) is 11.6 Å². The lowest BCUT2D eigenvalue weighted by atomic mass is 10.3. The molecule has 0 atom stereocenters. The van der Waals surface area contributed by atoms with Crippen molar-refractivity contribution in [2.45, 2.75) is 13.1 Å². The summed E-state index contributed by atoms with van der Waals surface area (Å²) in [7, 11) is 0. The number of thiophene rings is 1. The van der Waals surface area contributed by atoms with Gasteiger partial charge >= 0.3 is 6.18 Å². The summed E-state index contributed by atoms with van der Waals surface area (Å²) in [6.07, 6.45) is -1.47. The van der Waals surface area contributed by atoms with E-state index in [0.29, 0.717) is 22.1 Å². The molecule has 0 spiro atoms. The van der Waals surface area contributed by atoms with Gasteiger partial charge in [0.15, 0.2) is 10.8 Å². The first-order valence-electron chi connectivity index (χ1n) is 6.92. The van der Waals surface area contributed by atoms with Gasteiger partial charge in [0.25, 0.3) is 0 Å². The van der Waals surface area contributed by atoms with Crippen molar-refractivity contribution in [3.8, 4) is 22.6 Å². The van der Waals surface area contributed by atoms with Crippen LogP contribution >= 0.6 is 22.9 Å². The van der Waals surface area contributed by atoms with E-state index >= 15 is 0 Å². The number of aryl methyl sites for hydroxylation is 1. The SMILES string of the molecule is Cc1cc(Oc2ccc(C(F)(F)F)s2)nc(Oc2ccncc2Cl)c1. The Morgan fingerprint density at radius 3 is 2.44 bits per heavy atom. The molecule has 0 aliphatic carbocycles. The molecule has 4 nitrogen and oxygen atoms in total. The number of alkyl halides is 3. The molecule has 0 aliphatic heterocycles. The van der Waals surface area contributed by atoms with Crippen molar-refractivity contribution in [1.29, 1.82) is 0 Å². The summed E-state index contributed by atoms with van der Waals surface area (Å²) in [5.41, 5.74) is 0.762. The molecule has 3 aromatic rings. The Morgan fingerprint density at radius 1 is 1.08 bits per heavy atom. The molecule has 0 unspecified atom stereocenters. The second-order valence-corrected chi connectivity index (χ2v) is 6.40. The molecule has 130 valence electrons. The zero-order chi connectivity index (χ0) is 18.0. The lowest BCUT2D eigenvalue weighted by Gasteiger charge is -2.09. The quantitative estimate of drug-likeness (QED) is 0.543. The molecule has 0 fully saturated rings. The fraction of sp³-hybridized carbons (Fsp3) is 0.125. The molecule has 0 aliphatic rings. The number of ether oxygens (including phenoxy) is 2. The second kappa shape index (κ2) is 6.89. The molecule has 3 rings (SSSR count). The van der Waals surface area contributed by atoms with Crippen molar-refractivity contribution >= 4 is 22.9 Å². The van der Waals surface area contributed by atoms with E-state index in [4.69, 9.17) is 21.1 Å². The fourth-order valence-corrected chi connectivity index (χ4v) is 2.79. The van der Waals surface area contributed by atoms with Crippen LogP contribution in [0.15, 0.2) is 42.7 Å². The van der Waals surface area contributed by atoms with Gasteiger partial charge < -0.3 is 9.47 Å². The summed E-state index contributed by atoms with van der Waals surface area (Å²) >= 11 is 6.47. The maximum absolute atomic E-state index is 12.6. The minimum absolute atomic E-state index is 0.0818. The number of hydrogen-bond donors (Lipinski definition) is 0. The van der Waals surface area contributed by atoms with Crippen molar-refractivity contribution in [2.75, 3.05) is 0 Å². The van der Waals surface area contributed by atoms with Crippen LogP contribution in [0.3, 0.4) is 0 Å². The van der Waals surface area contributed by atoms with Gasteiger partial charge in [-0.3, -0.25) is 4.98 Å². The maximum atomic E-state index is 12.6. The average Bonchev–Trinajstić information content (AvgIpc) is 2.98. The van der Waals surface area contributed by atoms with Gasteiger partial charge in [-0.15, -0.1) is 0 Å². The molecule has 25 heavy (non-hydrogen) atoms. The van der Waals surface area contributed by atoms with Gasteiger partial charge in [0, 0.05) is 30.6 Å². The monoisotopic (exact) mass is 386 g/mol. The van der Waals surface area contributed by atoms with Crippen LogP contribution in [0.1, 0.15) is 10.4 Å². The van der Waals surface area contributed by atoms with E-state index in [9.17, 15) is 13.2 Å². The van der Waals surface area contributed by atoms with Crippen LogP contribution in [0.25, 0.3) is 0 Å². The molecule has 0 saturated carbocycles. The van der Waals surface area contributed by atoms with E-state index in [1.807, 2.05) is 0 Å². The predicted octanol–water partition coefficient (Wildman–Crippen LogP) is 6.10. The third kappa shape index (κ3) is 4.40. The minimum atomic E-state index is -4.40. The topological polar surface area (TPSA) is 44.2 Å². The van der Waals surface area contributed by atoms with E-state index in [1.165, 1.54) is 18.5 Å². The summed E-state index contributed by atoms with van der Waals surface area (Å²) in [5, 5.41) is 0.389. The Hall–Kier alpha value is -2.32. The zero-order valence-corrected chi connectivity index (χ0v) is 14.2. The lowest BCUT2D eigenvalue weighted by Crippen LogP contribution is -2.00. The maximum Gasteiger partial charge on any atom is 0.425 e. The van der Waals surface area contributed by atoms with Gasteiger partial charge in [0.1, 0.15) is 9.90 Å². The first kappa shape index (κ1) is 17.5. The minimum Gasteiger partial charge on any atom is -0.437 e. The summed E-state index contributed by atoms with van der Waals surface area (Å²) in [6.45, 7) is 1.78. The van der Waals surface area contributed by atoms with E-state index < -0.39 is 11.1 Å². The molecule has 0 N–H and O–H groups in total. The molecular formula is C16H10ClF3N2O2S. The van der Waals surface area contributed by atoms with Gasteiger partial charge in [0.05, 0.1) is 0 Å². The molecule has 0 aromatic carbocycles. The third-order valence-electron chi connectivity index (χ3n) is 2.94. The molecule has 3 aromatic heterocycles. The Balaban J connectivity index is 1.82. The van der Waals surface area contributed by atoms with Crippen molar-refractivity contribution in [1.82, 2.24) is 9.97 Å². The Bertz CT molecular complexity index is 899. The normalized spacial score (nSPS) is 11.4. The van der Waals surface area contributed by atoms with Gasteiger partial charge in [-0.2, -0.15) is 18.2 Å². The van der Waals surface area contributed by atoms with E-state index in [2.05, 4.69) is 9.97 Å². The first-order chi connectivity index (χ1) is 11.8. The molecular weight excluding hydrogens is 377 g/mol. The van der Waals surface area contributed by atoms with Crippen molar-refractivity contribution in [2.24, 2.45) is 0 Å². The number of hydrogen-bond acceptors (Lipinski definition) is 5. The highest BCUT2D eigenvalue weighted by Gasteiger charge is 2.32. The van der Waals surface area contributed by atoms with Gasteiger partial charge in [-0.25, -0.2) is 0 Å². The van der Waals surface area contributed by atoms with Crippen LogP contribution in [-0.4, -0.2) is 9.97 Å². The highest BCUT2D eigenvalue weighted by atomic mass is 35.5. The van der Waals surface area contributed by atoms with Crippen LogP contribution < -0.4 is 9.47 Å². The number of halogens is 4. The van der Waals surface area contributed by atoms with Gasteiger partial charge in [0.2, 0.25) is 11.8 Å². The number of pyridine rings is 2. The summed E-state index contributed by atoms with van der Waals surface area (Å²) in [5.74, 6) is 0.683. The van der Waals surface area contributed by atoms with E-state index in [1.54, 1.807) is 25.1 Å². The van der Waals surface area contributed by atoms with Crippen molar-refractivity contribution in [3.63, 3.8) is 0 Å². The standard InChI is InChI=1S/C16H10ClF3N2O2S/c1-9-6-13(23-11-4-5-21-8-10(11)17)22-14(7-9)24-15-3-2-12(25-15)16(18,19)20/h2-8H,1H3. The van der Waals surface area contributed by atoms with Crippen LogP contribution in [-0.2, 0) is 6.18 Å². The van der Waals surface area contributed by atoms with Gasteiger partial charge in [-0.1, -0.05) is 22.9 Å². The summed E-state index contributed by atoms with van der Waals surface area (Å²) in [4.78, 5) is 7.25. The smallest absolute Gasteiger partial charge is 0.425 e. The van der Waals surface area contributed by atoms with Crippen LogP contribution in [0.2, 0.25) is 5.02 Å². The fourth-order valence-electron chi connectivity index (χ4n) is 1.90. The molecule has 9 heteroatoms. The second-order valence-electron chi connectivity index (χ2n) is 4.95. The van der Waals surface area contributed by atoms with Crippen molar-refractivity contribution < 1.29 is 22.6 Å². The highest BCUT2D eigenvalue weighted by molar-refractivity contribution is 7.13. The Labute approximate surface area is 149 Å². The van der Waals surface area contributed by atoms with Gasteiger partial charge in [-0.05, 0) is 24.6 Å². The first-order valence-corrected chi connectivity index (χ1v) is 8.11. The third-order valence-corrected chi connectivity index (χ3v) is 4.23. The number of aromatic nitrogens is 2. The molecule has 0 bridgehead atoms. The Kier molecular flexibility index (Phi) is 4.82. The highest BCUT2D eigenvalue weighted by Crippen LogP contribution is 2.39. The van der Waals surface area contributed by atoms with E-state index in [-0.39, 0.29) is 16.8 Å². The average molecular weight is 387 g/mol. The lowest BCUT2D eigenvalue weighted by molar-refractivity contribution is -0.134. The van der Waals surface area contributed by atoms with Crippen molar-refractivity contribution in [3.05, 3.63) is 58.2 Å². The molecule has 0 amide bonds. The predicted molar refractivity (Wildman–Crippen MR) is 87.7 cm³/mol. The van der Waals surface area contributed by atoms with Crippen LogP contribution in [0.5, 0.6) is 22.6 Å². The molecule has 0 saturated heterocycles. The summed E-state index contributed by atoms with van der Waals surface area (Å²) < 4.78 is 49.0. The Morgan fingerprint density at radius 2 is 1.80 bits per heavy atom. The molecule has 3 heterocycles.